The number of carbonyl (C=O) groups excluding carboxylic acids is 1. The molecule has 34 heavy (non-hydrogen) atoms. The summed E-state index contributed by atoms with van der Waals surface area (Å²) in [6.45, 7) is 5.90. The van der Waals surface area contributed by atoms with E-state index in [0.29, 0.717) is 37.1 Å². The van der Waals surface area contributed by atoms with E-state index in [0.717, 1.165) is 22.9 Å². The third-order valence-corrected chi connectivity index (χ3v) is 7.04. The molecule has 1 aromatic heterocycles. The fraction of sp³-hybridized carbons (Fsp3) is 0.200. The first kappa shape index (κ1) is 23.9. The Bertz CT molecular complexity index is 1380. The number of aromatic hydroxyl groups is 1. The van der Waals surface area contributed by atoms with Crippen molar-refractivity contribution in [3.05, 3.63) is 66.0 Å². The molecule has 0 spiro atoms. The Kier molecular flexibility index (Phi) is 7.02. The average molecular weight is 500 g/mol. The van der Waals surface area contributed by atoms with E-state index in [1.165, 1.54) is 23.7 Å². The molecule has 2 N–H and O–H groups in total. The van der Waals surface area contributed by atoms with Gasteiger partial charge in [0, 0.05) is 44.2 Å². The van der Waals surface area contributed by atoms with Gasteiger partial charge in [0.25, 0.3) is 0 Å². The molecule has 1 saturated heterocycles. The molecule has 2 heterocycles. The van der Waals surface area contributed by atoms with Crippen molar-refractivity contribution in [3.8, 4) is 16.9 Å². The summed E-state index contributed by atoms with van der Waals surface area (Å²) in [7, 11) is 1.00. The normalized spacial score (nSPS) is 13.6. The number of aliphatic hydroxyl groups is 1. The molecule has 1 fully saturated rings. The van der Waals surface area contributed by atoms with Gasteiger partial charge >= 0.3 is 0 Å². The minimum absolute atomic E-state index is 0.0418. The molecular formula is C25H23ClFN3O3S. The summed E-state index contributed by atoms with van der Waals surface area (Å²) < 4.78 is 20.2. The van der Waals surface area contributed by atoms with Crippen LogP contribution in [-0.2, 0) is 4.79 Å². The Morgan fingerprint density at radius 2 is 1.85 bits per heavy atom. The van der Waals surface area contributed by atoms with Crippen LogP contribution in [0, 0.1) is 5.82 Å². The van der Waals surface area contributed by atoms with Gasteiger partial charge < -0.3 is 20.0 Å². The highest BCUT2D eigenvalue weighted by molar-refractivity contribution is 7.11. The summed E-state index contributed by atoms with van der Waals surface area (Å²) in [5.41, 5.74) is 1.00. The number of rotatable bonds is 3. The molecule has 6 nitrogen and oxygen atoms in total. The molecule has 1 aliphatic rings. The Labute approximate surface area is 205 Å². The van der Waals surface area contributed by atoms with Crippen LogP contribution in [0.5, 0.6) is 5.75 Å². The SMILES string of the molecule is C=CC(=O)N1CCN(c2snc3c(F)c(-c4cc(O)cc5ccccc45)c(Cl)cc23)CC1.CO. The van der Waals surface area contributed by atoms with Crippen molar-refractivity contribution < 1.29 is 19.4 Å². The van der Waals surface area contributed by atoms with E-state index >= 15 is 4.39 Å². The van der Waals surface area contributed by atoms with Crippen molar-refractivity contribution in [1.29, 1.82) is 0 Å². The van der Waals surface area contributed by atoms with Crippen LogP contribution in [0.4, 0.5) is 9.39 Å². The third-order valence-electron chi connectivity index (χ3n) is 5.82. The second-order valence-electron chi connectivity index (χ2n) is 7.66. The number of carbonyl (C=O) groups is 1. The fourth-order valence-electron chi connectivity index (χ4n) is 4.23. The Morgan fingerprint density at radius 1 is 1.15 bits per heavy atom. The number of aromatic nitrogens is 1. The number of aliphatic hydroxyl groups excluding tert-OH is 1. The summed E-state index contributed by atoms with van der Waals surface area (Å²) >= 11 is 7.84. The van der Waals surface area contributed by atoms with Crippen LogP contribution >= 0.6 is 23.1 Å². The molecule has 3 aromatic carbocycles. The lowest BCUT2D eigenvalue weighted by atomic mass is 9.96. The number of hydrogen-bond acceptors (Lipinski definition) is 6. The van der Waals surface area contributed by atoms with Crippen LogP contribution < -0.4 is 4.90 Å². The first-order valence-electron chi connectivity index (χ1n) is 10.6. The molecule has 0 bridgehead atoms. The van der Waals surface area contributed by atoms with Gasteiger partial charge in [-0.15, -0.1) is 0 Å². The van der Waals surface area contributed by atoms with Crippen molar-refractivity contribution in [2.24, 2.45) is 0 Å². The van der Waals surface area contributed by atoms with Crippen molar-refractivity contribution >= 4 is 55.7 Å². The van der Waals surface area contributed by atoms with Crippen molar-refractivity contribution in [1.82, 2.24) is 9.27 Å². The summed E-state index contributed by atoms with van der Waals surface area (Å²) in [6, 6.07) is 12.4. The predicted octanol–water partition coefficient (Wildman–Crippen LogP) is 5.06. The van der Waals surface area contributed by atoms with Crippen LogP contribution in [0.15, 0.2) is 55.1 Å². The lowest BCUT2D eigenvalue weighted by Gasteiger charge is -2.34. The maximum absolute atomic E-state index is 15.8. The maximum Gasteiger partial charge on any atom is 0.246 e. The van der Waals surface area contributed by atoms with Crippen LogP contribution in [0.25, 0.3) is 32.8 Å². The number of hydrogen-bond donors (Lipinski definition) is 2. The molecule has 4 aromatic rings. The molecule has 1 amide bonds. The molecule has 0 unspecified atom stereocenters. The van der Waals surface area contributed by atoms with Gasteiger partial charge in [-0.1, -0.05) is 42.4 Å². The quantitative estimate of drug-likeness (QED) is 0.385. The first-order chi connectivity index (χ1) is 16.5. The molecule has 0 radical (unpaired) electrons. The van der Waals surface area contributed by atoms with Crippen LogP contribution in [-0.4, -0.2) is 58.7 Å². The van der Waals surface area contributed by atoms with Gasteiger partial charge in [-0.25, -0.2) is 4.39 Å². The van der Waals surface area contributed by atoms with Crippen LogP contribution in [0.1, 0.15) is 0 Å². The van der Waals surface area contributed by atoms with Gasteiger partial charge in [-0.3, -0.25) is 4.79 Å². The highest BCUT2D eigenvalue weighted by Crippen LogP contribution is 2.43. The molecule has 0 saturated carbocycles. The number of halogens is 2. The van der Waals surface area contributed by atoms with Gasteiger partial charge in [0.1, 0.15) is 16.3 Å². The minimum Gasteiger partial charge on any atom is -0.508 e. The largest absolute Gasteiger partial charge is 0.508 e. The summed E-state index contributed by atoms with van der Waals surface area (Å²) in [4.78, 5) is 15.7. The van der Waals surface area contributed by atoms with E-state index in [2.05, 4.69) is 15.9 Å². The van der Waals surface area contributed by atoms with E-state index in [9.17, 15) is 9.90 Å². The molecule has 176 valence electrons. The van der Waals surface area contributed by atoms with E-state index in [1.54, 1.807) is 17.0 Å². The van der Waals surface area contributed by atoms with Crippen LogP contribution in [0.3, 0.4) is 0 Å². The van der Waals surface area contributed by atoms with E-state index in [4.69, 9.17) is 16.7 Å². The number of fused-ring (bicyclic) bond motifs is 2. The number of phenols is 1. The topological polar surface area (TPSA) is 76.9 Å². The number of benzene rings is 3. The zero-order valence-electron chi connectivity index (χ0n) is 18.5. The van der Waals surface area contributed by atoms with Crippen molar-refractivity contribution in [3.63, 3.8) is 0 Å². The molecule has 5 rings (SSSR count). The fourth-order valence-corrected chi connectivity index (χ4v) is 5.44. The predicted molar refractivity (Wildman–Crippen MR) is 136 cm³/mol. The van der Waals surface area contributed by atoms with E-state index in [1.807, 2.05) is 24.3 Å². The van der Waals surface area contributed by atoms with Gasteiger partial charge in [0.2, 0.25) is 5.91 Å². The smallest absolute Gasteiger partial charge is 0.246 e. The van der Waals surface area contributed by atoms with Crippen LogP contribution in [0.2, 0.25) is 5.02 Å². The number of piperazine rings is 1. The monoisotopic (exact) mass is 499 g/mol. The highest BCUT2D eigenvalue weighted by Gasteiger charge is 2.26. The van der Waals surface area contributed by atoms with E-state index < -0.39 is 5.82 Å². The van der Waals surface area contributed by atoms with Gasteiger partial charge in [-0.05, 0) is 52.1 Å². The number of amides is 1. The molecule has 0 aliphatic carbocycles. The number of anilines is 1. The standard InChI is InChI=1S/C24H19ClFN3O2S.CH4O/c1-2-20(31)28-7-9-29(10-8-28)24-18-13-19(25)21(22(26)23(18)27-32-24)17-12-15(30)11-14-5-3-4-6-16(14)17;1-2/h2-6,11-13,30H,1,7-10H2;2H,1H3. The number of phenolic OH excluding ortho intramolecular Hbond substituents is 1. The number of nitrogens with zero attached hydrogens (tertiary/aromatic N) is 3. The van der Waals surface area contributed by atoms with Gasteiger partial charge in [0.05, 0.1) is 5.02 Å². The second kappa shape index (κ2) is 9.97. The third kappa shape index (κ3) is 4.20. The van der Waals surface area contributed by atoms with Gasteiger partial charge in [0.15, 0.2) is 5.82 Å². The zero-order valence-corrected chi connectivity index (χ0v) is 20.0. The Morgan fingerprint density at radius 3 is 2.56 bits per heavy atom. The minimum atomic E-state index is -0.508. The lowest BCUT2D eigenvalue weighted by molar-refractivity contribution is -0.126. The van der Waals surface area contributed by atoms with E-state index in [-0.39, 0.29) is 27.8 Å². The molecule has 0 atom stereocenters. The summed E-state index contributed by atoms with van der Waals surface area (Å²) in [5, 5.41) is 20.5. The Hall–Kier alpha value is -3.20. The lowest BCUT2D eigenvalue weighted by Crippen LogP contribution is -2.48. The first-order valence-corrected chi connectivity index (χ1v) is 11.7. The summed E-state index contributed by atoms with van der Waals surface area (Å²) in [6.07, 6.45) is 1.32. The molecule has 9 heteroatoms. The maximum atomic E-state index is 15.8. The van der Waals surface area contributed by atoms with Crippen molar-refractivity contribution in [2.45, 2.75) is 0 Å². The summed E-state index contributed by atoms with van der Waals surface area (Å²) in [5.74, 6) is -0.553. The van der Waals surface area contributed by atoms with Crippen molar-refractivity contribution in [2.75, 3.05) is 38.2 Å². The second-order valence-corrected chi connectivity index (χ2v) is 8.82. The Balaban J connectivity index is 0.00000133. The van der Waals surface area contributed by atoms with Gasteiger partial charge in [-0.2, -0.15) is 4.37 Å². The highest BCUT2D eigenvalue weighted by atomic mass is 35.5. The zero-order chi connectivity index (χ0) is 24.4. The molecule has 1 aliphatic heterocycles. The molecular weight excluding hydrogens is 477 g/mol. The average Bonchev–Trinajstić information content (AvgIpc) is 3.28.